The number of hydrogen-bond donors (Lipinski definition) is 1. The van der Waals surface area contributed by atoms with E-state index in [0.29, 0.717) is 43.0 Å². The summed E-state index contributed by atoms with van der Waals surface area (Å²) in [6.45, 7) is 2.22. The van der Waals surface area contributed by atoms with Crippen LogP contribution in [0.5, 0.6) is 5.75 Å². The molecule has 1 aromatic carbocycles. The molecule has 0 atom stereocenters. The molecule has 176 valence electrons. The molecule has 4 fully saturated rings. The van der Waals surface area contributed by atoms with Crippen LogP contribution in [0.4, 0.5) is 4.39 Å². The maximum absolute atomic E-state index is 13.3. The van der Waals surface area contributed by atoms with E-state index in [0.717, 1.165) is 70.0 Å². The minimum absolute atomic E-state index is 0.168. The number of carbonyl (C=O) groups is 1. The smallest absolute Gasteiger partial charge is 0.226 e. The third-order valence-corrected chi connectivity index (χ3v) is 8.57. The van der Waals surface area contributed by atoms with Gasteiger partial charge < -0.3 is 14.8 Å². The fourth-order valence-corrected chi connectivity index (χ4v) is 6.03. The zero-order valence-corrected chi connectivity index (χ0v) is 19.6. The summed E-state index contributed by atoms with van der Waals surface area (Å²) in [4.78, 5) is 13.3. The molecule has 5 rings (SSSR count). The van der Waals surface area contributed by atoms with E-state index in [1.807, 2.05) is 19.1 Å². The van der Waals surface area contributed by atoms with Crippen LogP contribution in [0.25, 0.3) is 0 Å². The Balaban J connectivity index is 1.33. The summed E-state index contributed by atoms with van der Waals surface area (Å²) in [5.41, 5.74) is 2.03. The van der Waals surface area contributed by atoms with Crippen molar-refractivity contribution in [1.29, 1.82) is 0 Å². The fourth-order valence-electron chi connectivity index (χ4n) is 6.03. The third-order valence-electron chi connectivity index (χ3n) is 8.57. The van der Waals surface area contributed by atoms with E-state index >= 15 is 0 Å². The van der Waals surface area contributed by atoms with Crippen LogP contribution in [0.3, 0.4) is 0 Å². The zero-order valence-electron chi connectivity index (χ0n) is 19.6. The van der Waals surface area contributed by atoms with Gasteiger partial charge in [-0.05, 0) is 99.3 Å². The van der Waals surface area contributed by atoms with Crippen molar-refractivity contribution >= 4 is 5.91 Å². The predicted octanol–water partition coefficient (Wildman–Crippen LogP) is 5.99. The molecule has 0 heterocycles. The molecule has 0 unspecified atom stereocenters. The Morgan fingerprint density at radius 1 is 1.06 bits per heavy atom. The van der Waals surface area contributed by atoms with E-state index in [2.05, 4.69) is 17.4 Å². The van der Waals surface area contributed by atoms with Crippen molar-refractivity contribution < 1.29 is 18.7 Å². The first-order valence-corrected chi connectivity index (χ1v) is 12.4. The lowest BCUT2D eigenvalue weighted by molar-refractivity contribution is -0.139. The number of hydrogen-bond acceptors (Lipinski definition) is 3. The van der Waals surface area contributed by atoms with Gasteiger partial charge in [0.2, 0.25) is 5.91 Å². The quantitative estimate of drug-likeness (QED) is 0.536. The van der Waals surface area contributed by atoms with Crippen molar-refractivity contribution in [3.05, 3.63) is 41.7 Å². The number of methoxy groups -OCH3 is 1. The first-order chi connectivity index (χ1) is 15.5. The second-order valence-corrected chi connectivity index (χ2v) is 10.2. The van der Waals surface area contributed by atoms with Gasteiger partial charge in [-0.1, -0.05) is 19.1 Å². The highest BCUT2D eigenvalue weighted by Gasteiger charge is 2.53. The normalized spacial score (nSPS) is 32.5. The number of ether oxygens (including phenoxy) is 2. The van der Waals surface area contributed by atoms with Crippen LogP contribution >= 0.6 is 0 Å². The van der Waals surface area contributed by atoms with Crippen molar-refractivity contribution in [3.8, 4) is 5.75 Å². The van der Waals surface area contributed by atoms with Crippen molar-refractivity contribution in [1.82, 2.24) is 5.32 Å². The lowest BCUT2D eigenvalue weighted by atomic mass is 9.51. The van der Waals surface area contributed by atoms with Crippen LogP contribution in [-0.4, -0.2) is 31.8 Å². The highest BCUT2D eigenvalue weighted by Crippen LogP contribution is 2.58. The first-order valence-electron chi connectivity index (χ1n) is 12.4. The summed E-state index contributed by atoms with van der Waals surface area (Å²) >= 11 is 0. The third kappa shape index (κ3) is 4.73. The van der Waals surface area contributed by atoms with Gasteiger partial charge in [0.15, 0.2) is 0 Å². The number of amides is 1. The summed E-state index contributed by atoms with van der Waals surface area (Å²) in [5, 5.41) is 3.40. The van der Waals surface area contributed by atoms with Gasteiger partial charge in [0.05, 0.1) is 12.4 Å². The van der Waals surface area contributed by atoms with Crippen molar-refractivity contribution in [2.24, 2.45) is 5.41 Å². The molecule has 5 heteroatoms. The molecule has 0 aromatic heterocycles. The van der Waals surface area contributed by atoms with Gasteiger partial charge in [-0.3, -0.25) is 4.79 Å². The molecule has 4 aliphatic carbocycles. The molecule has 0 spiro atoms. The highest BCUT2D eigenvalue weighted by molar-refractivity contribution is 5.83. The number of benzene rings is 1. The molecule has 1 N–H and O–H groups in total. The number of fused-ring (bicyclic) bond motifs is 3. The van der Waals surface area contributed by atoms with Crippen LogP contribution in [0.1, 0.15) is 83.1 Å². The van der Waals surface area contributed by atoms with Gasteiger partial charge in [-0.2, -0.15) is 0 Å². The van der Waals surface area contributed by atoms with E-state index in [1.165, 1.54) is 5.56 Å². The van der Waals surface area contributed by atoms with Gasteiger partial charge in [0, 0.05) is 18.6 Å². The number of carbonyl (C=O) groups excluding carboxylic acids is 1. The second-order valence-electron chi connectivity index (χ2n) is 10.2. The summed E-state index contributed by atoms with van der Waals surface area (Å²) in [5.74, 6) is 1.07. The Kier molecular flexibility index (Phi) is 7.24. The van der Waals surface area contributed by atoms with Crippen LogP contribution in [0, 0.1) is 5.41 Å². The largest absolute Gasteiger partial charge is 0.489 e. The molecule has 1 aromatic rings. The monoisotopic (exact) mass is 443 g/mol. The molecule has 2 bridgehead atoms. The summed E-state index contributed by atoms with van der Waals surface area (Å²) in [7, 11) is 1.78. The molecule has 4 nitrogen and oxygen atoms in total. The fraction of sp³-hybridized carbons (Fsp3) is 0.667. The Labute approximate surface area is 191 Å². The summed E-state index contributed by atoms with van der Waals surface area (Å²) < 4.78 is 23.9. The van der Waals surface area contributed by atoms with Crippen molar-refractivity contribution in [2.45, 2.75) is 95.1 Å². The maximum Gasteiger partial charge on any atom is 0.226 e. The molecule has 32 heavy (non-hydrogen) atoms. The summed E-state index contributed by atoms with van der Waals surface area (Å²) in [6, 6.07) is 8.67. The lowest BCUT2D eigenvalue weighted by Crippen LogP contribution is -2.54. The number of halogens is 1. The molecular weight excluding hydrogens is 405 g/mol. The Morgan fingerprint density at radius 3 is 2.22 bits per heavy atom. The van der Waals surface area contributed by atoms with E-state index in [-0.39, 0.29) is 10.8 Å². The maximum atomic E-state index is 13.3. The summed E-state index contributed by atoms with van der Waals surface area (Å²) in [6.07, 6.45) is 11.9. The van der Waals surface area contributed by atoms with Crippen molar-refractivity contribution in [2.75, 3.05) is 13.7 Å². The van der Waals surface area contributed by atoms with Gasteiger partial charge in [-0.15, -0.1) is 0 Å². The SMILES string of the molecule is CC/C(=C\F)COc1ccc(C23CCC(C(=O)NC4CCC(OC)CC4)(CC2)CC3)cc1. The molecule has 0 radical (unpaired) electrons. The van der Waals surface area contributed by atoms with Gasteiger partial charge >= 0.3 is 0 Å². The molecule has 4 saturated carbocycles. The molecule has 0 aliphatic heterocycles. The topological polar surface area (TPSA) is 47.6 Å². The Morgan fingerprint density at radius 2 is 1.69 bits per heavy atom. The molecule has 4 aliphatic rings. The van der Waals surface area contributed by atoms with Crippen LogP contribution in [0.2, 0.25) is 0 Å². The highest BCUT2D eigenvalue weighted by atomic mass is 19.1. The standard InChI is InChI=1S/C27H38FNO3/c1-3-20(18-28)19-32-24-8-4-21(5-9-24)26-12-15-27(16-13-26,17-14-26)25(30)29-22-6-10-23(31-2)11-7-22/h4-5,8-9,18,22-23H,3,6-7,10-17,19H2,1-2H3,(H,29,30)/b20-18+. The van der Waals surface area contributed by atoms with E-state index in [1.54, 1.807) is 7.11 Å². The minimum Gasteiger partial charge on any atom is -0.489 e. The number of nitrogens with one attached hydrogen (secondary N) is 1. The van der Waals surface area contributed by atoms with E-state index in [4.69, 9.17) is 9.47 Å². The minimum atomic E-state index is -0.168. The van der Waals surface area contributed by atoms with Crippen LogP contribution < -0.4 is 10.1 Å². The van der Waals surface area contributed by atoms with E-state index < -0.39 is 0 Å². The molecule has 0 saturated heterocycles. The van der Waals surface area contributed by atoms with Crippen molar-refractivity contribution in [3.63, 3.8) is 0 Å². The Hall–Kier alpha value is -1.88. The first kappa shape index (κ1) is 23.3. The van der Waals surface area contributed by atoms with Gasteiger partial charge in [0.25, 0.3) is 0 Å². The van der Waals surface area contributed by atoms with Gasteiger partial charge in [0.1, 0.15) is 12.4 Å². The second kappa shape index (κ2) is 9.94. The van der Waals surface area contributed by atoms with E-state index in [9.17, 15) is 9.18 Å². The lowest BCUT2D eigenvalue weighted by Gasteiger charge is -2.53. The predicted molar refractivity (Wildman–Crippen MR) is 124 cm³/mol. The van der Waals surface area contributed by atoms with Crippen LogP contribution in [0.15, 0.2) is 36.2 Å². The molecule has 1 amide bonds. The average Bonchev–Trinajstić information content (AvgIpc) is 2.86. The molecular formula is C27H38FNO3. The van der Waals surface area contributed by atoms with Crippen LogP contribution in [-0.2, 0) is 14.9 Å². The van der Waals surface area contributed by atoms with Gasteiger partial charge in [-0.25, -0.2) is 4.39 Å². The Bertz CT molecular complexity index is 786. The zero-order chi connectivity index (χ0) is 22.6. The average molecular weight is 444 g/mol. The number of rotatable bonds is 8.